The van der Waals surface area contributed by atoms with Crippen molar-refractivity contribution in [2.24, 2.45) is 0 Å². The van der Waals surface area contributed by atoms with Crippen molar-refractivity contribution in [2.45, 2.75) is 19.0 Å². The lowest BCUT2D eigenvalue weighted by molar-refractivity contribution is -0.139. The number of hydrogen-bond donors (Lipinski definition) is 1. The summed E-state index contributed by atoms with van der Waals surface area (Å²) >= 11 is 3.33. The third kappa shape index (κ3) is 7.38. The van der Waals surface area contributed by atoms with Crippen molar-refractivity contribution in [1.29, 1.82) is 0 Å². The van der Waals surface area contributed by atoms with Gasteiger partial charge in [-0.3, -0.25) is 13.9 Å². The molecule has 0 aliphatic heterocycles. The fraction of sp³-hybridized carbons (Fsp3) is 0.231. The number of rotatable bonds is 10. The van der Waals surface area contributed by atoms with Crippen LogP contribution >= 0.6 is 15.9 Å². The number of carbonyl (C=O) groups is 2. The molecule has 1 atom stereocenters. The Kier molecular flexibility index (Phi) is 9.22. The minimum atomic E-state index is -3.84. The van der Waals surface area contributed by atoms with Crippen LogP contribution in [0.5, 0.6) is 0 Å². The maximum Gasteiger partial charge on any atom is 0.244 e. The van der Waals surface area contributed by atoms with Gasteiger partial charge in [0.15, 0.2) is 0 Å². The fourth-order valence-corrected chi connectivity index (χ4v) is 4.98. The van der Waals surface area contributed by atoms with E-state index in [4.69, 9.17) is 0 Å². The molecule has 0 heterocycles. The second-order valence-electron chi connectivity index (χ2n) is 8.22. The largest absolute Gasteiger partial charge is 0.357 e. The second-order valence-corrected chi connectivity index (χ2v) is 11.0. The number of benzene rings is 3. The van der Waals surface area contributed by atoms with Gasteiger partial charge < -0.3 is 10.2 Å². The van der Waals surface area contributed by atoms with Gasteiger partial charge in [0.05, 0.1) is 11.9 Å². The summed E-state index contributed by atoms with van der Waals surface area (Å²) in [5.74, 6) is -1.40. The molecule has 0 fully saturated rings. The van der Waals surface area contributed by atoms with Gasteiger partial charge in [0, 0.05) is 24.5 Å². The molecule has 3 aromatic carbocycles. The predicted octanol–water partition coefficient (Wildman–Crippen LogP) is 3.74. The zero-order valence-electron chi connectivity index (χ0n) is 19.9. The summed E-state index contributed by atoms with van der Waals surface area (Å²) in [6.07, 6.45) is 1.23. The van der Waals surface area contributed by atoms with Crippen LogP contribution in [-0.4, -0.2) is 51.0 Å². The molecule has 2 amide bonds. The van der Waals surface area contributed by atoms with E-state index in [1.165, 1.54) is 36.2 Å². The zero-order chi connectivity index (χ0) is 26.3. The summed E-state index contributed by atoms with van der Waals surface area (Å²) in [7, 11) is -2.36. The lowest BCUT2D eigenvalue weighted by Gasteiger charge is -2.33. The molecular formula is C26H27BrFN3O4S. The molecular weight excluding hydrogens is 549 g/mol. The van der Waals surface area contributed by atoms with Gasteiger partial charge in [-0.05, 0) is 41.5 Å². The maximum absolute atomic E-state index is 13.7. The number of nitrogens with zero attached hydrogens (tertiary/aromatic N) is 2. The van der Waals surface area contributed by atoms with Gasteiger partial charge >= 0.3 is 0 Å². The summed E-state index contributed by atoms with van der Waals surface area (Å²) < 4.78 is 40.5. The number of sulfonamides is 1. The number of hydrogen-bond acceptors (Lipinski definition) is 4. The first kappa shape index (κ1) is 27.3. The molecule has 36 heavy (non-hydrogen) atoms. The van der Waals surface area contributed by atoms with E-state index in [1.54, 1.807) is 24.3 Å². The number of likely N-dealkylation sites (N-methyl/N-ethyl adjacent to an activating group) is 1. The Morgan fingerprint density at radius 3 is 2.22 bits per heavy atom. The van der Waals surface area contributed by atoms with Crippen LogP contribution in [-0.2, 0) is 32.6 Å². The van der Waals surface area contributed by atoms with Gasteiger partial charge in [-0.2, -0.15) is 0 Å². The van der Waals surface area contributed by atoms with Crippen LogP contribution in [0.25, 0.3) is 0 Å². The minimum Gasteiger partial charge on any atom is -0.357 e. The highest BCUT2D eigenvalue weighted by Gasteiger charge is 2.32. The first-order chi connectivity index (χ1) is 17.1. The Bertz CT molecular complexity index is 1300. The van der Waals surface area contributed by atoms with Crippen molar-refractivity contribution in [1.82, 2.24) is 10.2 Å². The molecule has 1 unspecified atom stereocenters. The quantitative estimate of drug-likeness (QED) is 0.399. The molecule has 0 aliphatic carbocycles. The summed E-state index contributed by atoms with van der Waals surface area (Å²) in [6.45, 7) is -0.529. The van der Waals surface area contributed by atoms with Gasteiger partial charge in [0.1, 0.15) is 18.4 Å². The van der Waals surface area contributed by atoms with Gasteiger partial charge in [0.25, 0.3) is 0 Å². The smallest absolute Gasteiger partial charge is 0.244 e. The first-order valence-corrected chi connectivity index (χ1v) is 13.8. The lowest BCUT2D eigenvalue weighted by Crippen LogP contribution is -2.52. The van der Waals surface area contributed by atoms with Crippen molar-refractivity contribution in [3.8, 4) is 0 Å². The standard InChI is InChI=1S/C26H27BrFN3O4S/c1-29-26(33)24(15-19-7-4-3-5-8-19)30(17-20-11-13-22(28)14-12-20)25(32)18-31(36(2,34)35)23-10-6-9-21(27)16-23/h3-14,16,24H,15,17-18H2,1-2H3,(H,29,33). The van der Waals surface area contributed by atoms with Crippen molar-refractivity contribution in [3.63, 3.8) is 0 Å². The van der Waals surface area contributed by atoms with Crippen molar-refractivity contribution in [2.75, 3.05) is 24.2 Å². The second kappa shape index (κ2) is 12.1. The molecule has 0 spiro atoms. The number of amides is 2. The molecule has 0 saturated carbocycles. The van der Waals surface area contributed by atoms with Gasteiger partial charge in [-0.25, -0.2) is 12.8 Å². The lowest BCUT2D eigenvalue weighted by atomic mass is 10.0. The van der Waals surface area contributed by atoms with Crippen LogP contribution in [0.2, 0.25) is 0 Å². The van der Waals surface area contributed by atoms with Crippen molar-refractivity contribution in [3.05, 3.63) is 100 Å². The van der Waals surface area contributed by atoms with Gasteiger partial charge in [-0.1, -0.05) is 64.5 Å². The number of halogens is 2. The Hall–Kier alpha value is -3.24. The third-order valence-corrected chi connectivity index (χ3v) is 7.19. The summed E-state index contributed by atoms with van der Waals surface area (Å²) in [5, 5.41) is 2.61. The van der Waals surface area contributed by atoms with E-state index in [2.05, 4.69) is 21.2 Å². The van der Waals surface area contributed by atoms with Crippen LogP contribution in [0, 0.1) is 5.82 Å². The highest BCUT2D eigenvalue weighted by Crippen LogP contribution is 2.23. The van der Waals surface area contributed by atoms with E-state index < -0.39 is 40.2 Å². The van der Waals surface area contributed by atoms with Crippen molar-refractivity contribution >= 4 is 43.5 Å². The number of nitrogens with one attached hydrogen (secondary N) is 1. The van der Waals surface area contributed by atoms with Crippen LogP contribution in [0.1, 0.15) is 11.1 Å². The summed E-state index contributed by atoms with van der Waals surface area (Å²) in [4.78, 5) is 28.1. The van der Waals surface area contributed by atoms with Crippen LogP contribution < -0.4 is 9.62 Å². The highest BCUT2D eigenvalue weighted by atomic mass is 79.9. The van der Waals surface area contributed by atoms with Gasteiger partial charge in [0.2, 0.25) is 21.8 Å². The number of carbonyl (C=O) groups excluding carboxylic acids is 2. The van der Waals surface area contributed by atoms with Gasteiger partial charge in [-0.15, -0.1) is 0 Å². The Morgan fingerprint density at radius 1 is 0.972 bits per heavy atom. The summed E-state index contributed by atoms with van der Waals surface area (Å²) in [5.41, 5.74) is 1.73. The van der Waals surface area contributed by atoms with Crippen LogP contribution in [0.4, 0.5) is 10.1 Å². The molecule has 0 aromatic heterocycles. The van der Waals surface area contributed by atoms with E-state index in [9.17, 15) is 22.4 Å². The normalized spacial score (nSPS) is 12.0. The third-order valence-electron chi connectivity index (χ3n) is 5.56. The zero-order valence-corrected chi connectivity index (χ0v) is 22.3. The molecule has 1 N–H and O–H groups in total. The molecule has 0 bridgehead atoms. The van der Waals surface area contributed by atoms with E-state index in [-0.39, 0.29) is 13.0 Å². The van der Waals surface area contributed by atoms with E-state index in [0.29, 0.717) is 15.7 Å². The van der Waals surface area contributed by atoms with E-state index >= 15 is 0 Å². The molecule has 7 nitrogen and oxygen atoms in total. The molecule has 190 valence electrons. The predicted molar refractivity (Wildman–Crippen MR) is 141 cm³/mol. The monoisotopic (exact) mass is 575 g/mol. The highest BCUT2D eigenvalue weighted by molar-refractivity contribution is 9.10. The maximum atomic E-state index is 13.7. The minimum absolute atomic E-state index is 0.0138. The van der Waals surface area contributed by atoms with Crippen molar-refractivity contribution < 1.29 is 22.4 Å². The molecule has 0 aliphatic rings. The topological polar surface area (TPSA) is 86.8 Å². The molecule has 0 radical (unpaired) electrons. The average molecular weight is 576 g/mol. The molecule has 0 saturated heterocycles. The molecule has 10 heteroatoms. The SMILES string of the molecule is CNC(=O)C(Cc1ccccc1)N(Cc1ccc(F)cc1)C(=O)CN(c1cccc(Br)c1)S(C)(=O)=O. The number of anilines is 1. The fourth-order valence-electron chi connectivity index (χ4n) is 3.75. The van der Waals surface area contributed by atoms with E-state index in [0.717, 1.165) is 16.1 Å². The molecule has 3 rings (SSSR count). The molecule has 3 aromatic rings. The summed E-state index contributed by atoms with van der Waals surface area (Å²) in [6, 6.07) is 20.5. The van der Waals surface area contributed by atoms with Crippen LogP contribution in [0.15, 0.2) is 83.3 Å². The Balaban J connectivity index is 2.01. The Labute approximate surface area is 219 Å². The van der Waals surface area contributed by atoms with Crippen LogP contribution in [0.3, 0.4) is 0 Å². The average Bonchev–Trinajstić information content (AvgIpc) is 2.85. The first-order valence-electron chi connectivity index (χ1n) is 11.1. The van der Waals surface area contributed by atoms with E-state index in [1.807, 2.05) is 30.3 Å². The Morgan fingerprint density at radius 2 is 1.64 bits per heavy atom.